The number of benzene rings is 1. The van der Waals surface area contributed by atoms with Crippen LogP contribution < -0.4 is 5.32 Å². The number of hydrogen-bond acceptors (Lipinski definition) is 3. The third-order valence-corrected chi connectivity index (χ3v) is 2.81. The van der Waals surface area contributed by atoms with Gasteiger partial charge in [0.15, 0.2) is 0 Å². The molecule has 112 valence electrons. The normalized spacial score (nSPS) is 10.3. The van der Waals surface area contributed by atoms with Crippen LogP contribution in [0.5, 0.6) is 0 Å². The van der Waals surface area contributed by atoms with Crippen LogP contribution in [-0.4, -0.2) is 51.5 Å². The number of hydrogen-bond donors (Lipinski definition) is 1. The highest BCUT2D eigenvalue weighted by molar-refractivity contribution is 5.74. The average molecular weight is 284 g/mol. The lowest BCUT2D eigenvalue weighted by molar-refractivity contribution is 0.122. The summed E-state index contributed by atoms with van der Waals surface area (Å²) in [5.74, 6) is -0.326. The SMILES string of the molecule is COCCN(CCOC)C(=O)NCc1ccccc1F. The Morgan fingerprint density at radius 2 is 1.80 bits per heavy atom. The molecule has 1 aromatic rings. The minimum atomic E-state index is -0.326. The first-order valence-electron chi connectivity index (χ1n) is 6.43. The van der Waals surface area contributed by atoms with E-state index in [1.807, 2.05) is 0 Å². The summed E-state index contributed by atoms with van der Waals surface area (Å²) in [5.41, 5.74) is 0.458. The molecule has 5 nitrogen and oxygen atoms in total. The molecule has 0 unspecified atom stereocenters. The Labute approximate surface area is 118 Å². The summed E-state index contributed by atoms with van der Waals surface area (Å²) in [6, 6.07) is 6.10. The molecular formula is C14H21FN2O3. The van der Waals surface area contributed by atoms with Crippen molar-refractivity contribution in [3.05, 3.63) is 35.6 Å². The number of nitrogens with zero attached hydrogens (tertiary/aromatic N) is 1. The van der Waals surface area contributed by atoms with Gasteiger partial charge in [-0.2, -0.15) is 0 Å². The van der Waals surface area contributed by atoms with Gasteiger partial charge >= 0.3 is 6.03 Å². The van der Waals surface area contributed by atoms with Gasteiger partial charge in [-0.1, -0.05) is 18.2 Å². The highest BCUT2D eigenvalue weighted by atomic mass is 19.1. The van der Waals surface area contributed by atoms with Gasteiger partial charge in [-0.3, -0.25) is 0 Å². The molecule has 0 bridgehead atoms. The van der Waals surface area contributed by atoms with Gasteiger partial charge in [-0.15, -0.1) is 0 Å². The molecule has 6 heteroatoms. The fourth-order valence-electron chi connectivity index (χ4n) is 1.64. The largest absolute Gasteiger partial charge is 0.383 e. The first-order valence-corrected chi connectivity index (χ1v) is 6.43. The second-order valence-corrected chi connectivity index (χ2v) is 4.22. The second-order valence-electron chi connectivity index (χ2n) is 4.22. The van der Waals surface area contributed by atoms with Crippen LogP contribution in [0.3, 0.4) is 0 Å². The van der Waals surface area contributed by atoms with Gasteiger partial charge in [-0.25, -0.2) is 9.18 Å². The van der Waals surface area contributed by atoms with E-state index in [4.69, 9.17) is 9.47 Å². The number of amides is 2. The van der Waals surface area contributed by atoms with E-state index < -0.39 is 0 Å². The van der Waals surface area contributed by atoms with Gasteiger partial charge in [0.25, 0.3) is 0 Å². The minimum Gasteiger partial charge on any atom is -0.383 e. The van der Waals surface area contributed by atoms with Gasteiger partial charge in [0.2, 0.25) is 0 Å². The zero-order valence-corrected chi connectivity index (χ0v) is 11.9. The molecule has 0 atom stereocenters. The summed E-state index contributed by atoms with van der Waals surface area (Å²) in [5, 5.41) is 2.69. The van der Waals surface area contributed by atoms with Crippen molar-refractivity contribution in [2.24, 2.45) is 0 Å². The van der Waals surface area contributed by atoms with Crippen LogP contribution >= 0.6 is 0 Å². The predicted molar refractivity (Wildman–Crippen MR) is 74.0 cm³/mol. The van der Waals surface area contributed by atoms with Crippen LogP contribution in [0.1, 0.15) is 5.56 Å². The monoisotopic (exact) mass is 284 g/mol. The van der Waals surface area contributed by atoms with E-state index in [-0.39, 0.29) is 18.4 Å². The first kappa shape index (κ1) is 16.4. The van der Waals surface area contributed by atoms with Crippen molar-refractivity contribution in [2.75, 3.05) is 40.5 Å². The van der Waals surface area contributed by atoms with Crippen molar-refractivity contribution in [2.45, 2.75) is 6.54 Å². The summed E-state index contributed by atoms with van der Waals surface area (Å²) in [4.78, 5) is 13.6. The van der Waals surface area contributed by atoms with Crippen LogP contribution in [0.15, 0.2) is 24.3 Å². The number of methoxy groups -OCH3 is 2. The van der Waals surface area contributed by atoms with Crippen LogP contribution in [0, 0.1) is 5.82 Å². The number of ether oxygens (including phenoxy) is 2. The molecule has 1 N–H and O–H groups in total. The maximum atomic E-state index is 13.4. The lowest BCUT2D eigenvalue weighted by Crippen LogP contribution is -2.43. The Bertz CT molecular complexity index is 407. The van der Waals surface area contributed by atoms with Gasteiger partial charge < -0.3 is 19.7 Å². The molecule has 0 heterocycles. The molecule has 0 radical (unpaired) electrons. The lowest BCUT2D eigenvalue weighted by Gasteiger charge is -2.22. The molecular weight excluding hydrogens is 263 g/mol. The molecule has 1 rings (SSSR count). The maximum Gasteiger partial charge on any atom is 0.317 e. The number of urea groups is 1. The van der Waals surface area contributed by atoms with Crippen molar-refractivity contribution in [1.82, 2.24) is 10.2 Å². The molecule has 1 aromatic carbocycles. The predicted octanol–water partition coefficient (Wildman–Crippen LogP) is 1.63. The Morgan fingerprint density at radius 1 is 1.20 bits per heavy atom. The Hall–Kier alpha value is -1.66. The number of rotatable bonds is 8. The van der Waals surface area contributed by atoms with E-state index in [9.17, 15) is 9.18 Å². The smallest absolute Gasteiger partial charge is 0.317 e. The van der Waals surface area contributed by atoms with Crippen molar-refractivity contribution in [3.8, 4) is 0 Å². The molecule has 0 saturated heterocycles. The first-order chi connectivity index (χ1) is 9.69. The summed E-state index contributed by atoms with van der Waals surface area (Å²) in [7, 11) is 3.15. The molecule has 0 saturated carbocycles. The third kappa shape index (κ3) is 5.54. The number of carbonyl (C=O) groups is 1. The molecule has 0 fully saturated rings. The molecule has 0 spiro atoms. The van der Waals surface area contributed by atoms with Crippen LogP contribution in [0.2, 0.25) is 0 Å². The van der Waals surface area contributed by atoms with E-state index in [0.29, 0.717) is 31.9 Å². The Morgan fingerprint density at radius 3 is 2.35 bits per heavy atom. The second kappa shape index (κ2) is 9.28. The maximum absolute atomic E-state index is 13.4. The van der Waals surface area contributed by atoms with Crippen LogP contribution in [0.4, 0.5) is 9.18 Å². The molecule has 0 aliphatic carbocycles. The van der Waals surface area contributed by atoms with E-state index in [1.165, 1.54) is 6.07 Å². The van der Waals surface area contributed by atoms with Crippen LogP contribution in [-0.2, 0) is 16.0 Å². The van der Waals surface area contributed by atoms with Crippen molar-refractivity contribution < 1.29 is 18.7 Å². The molecule has 0 aliphatic heterocycles. The highest BCUT2D eigenvalue weighted by Crippen LogP contribution is 2.05. The Balaban J connectivity index is 2.50. The van der Waals surface area contributed by atoms with Gasteiger partial charge in [0.05, 0.1) is 13.2 Å². The van der Waals surface area contributed by atoms with Crippen molar-refractivity contribution in [3.63, 3.8) is 0 Å². The molecule has 20 heavy (non-hydrogen) atoms. The lowest BCUT2D eigenvalue weighted by atomic mass is 10.2. The molecule has 2 amide bonds. The summed E-state index contributed by atoms with van der Waals surface area (Å²) in [6.45, 7) is 1.96. The van der Waals surface area contributed by atoms with Gasteiger partial charge in [-0.05, 0) is 6.07 Å². The van der Waals surface area contributed by atoms with E-state index in [1.54, 1.807) is 37.3 Å². The van der Waals surface area contributed by atoms with Gasteiger partial charge in [0, 0.05) is 39.4 Å². The zero-order valence-electron chi connectivity index (χ0n) is 11.9. The summed E-state index contributed by atoms with van der Waals surface area (Å²) in [6.07, 6.45) is 0. The fourth-order valence-corrected chi connectivity index (χ4v) is 1.64. The fraction of sp³-hybridized carbons (Fsp3) is 0.500. The highest BCUT2D eigenvalue weighted by Gasteiger charge is 2.13. The number of carbonyl (C=O) groups excluding carboxylic acids is 1. The molecule has 0 aliphatic rings. The minimum absolute atomic E-state index is 0.155. The zero-order chi connectivity index (χ0) is 14.8. The number of halogens is 1. The molecule has 0 aromatic heterocycles. The topological polar surface area (TPSA) is 50.8 Å². The quantitative estimate of drug-likeness (QED) is 0.789. The number of nitrogens with one attached hydrogen (secondary N) is 1. The van der Waals surface area contributed by atoms with E-state index in [0.717, 1.165) is 0 Å². The standard InChI is InChI=1S/C14H21FN2O3/c1-19-9-7-17(8-10-20-2)14(18)16-11-12-5-3-4-6-13(12)15/h3-6H,7-11H2,1-2H3,(H,16,18). The summed E-state index contributed by atoms with van der Waals surface area (Å²) >= 11 is 0. The Kier molecular flexibility index (Phi) is 7.60. The van der Waals surface area contributed by atoms with Crippen LogP contribution in [0.25, 0.3) is 0 Å². The average Bonchev–Trinajstić information content (AvgIpc) is 2.46. The van der Waals surface area contributed by atoms with E-state index in [2.05, 4.69) is 5.32 Å². The van der Waals surface area contributed by atoms with Crippen molar-refractivity contribution >= 4 is 6.03 Å². The van der Waals surface area contributed by atoms with Gasteiger partial charge in [0.1, 0.15) is 5.82 Å². The van der Waals surface area contributed by atoms with Crippen molar-refractivity contribution in [1.29, 1.82) is 0 Å². The van der Waals surface area contributed by atoms with E-state index >= 15 is 0 Å². The third-order valence-electron chi connectivity index (χ3n) is 2.81. The summed E-state index contributed by atoms with van der Waals surface area (Å²) < 4.78 is 23.4.